The topological polar surface area (TPSA) is 52.1 Å². The average Bonchev–Trinajstić information content (AvgIpc) is 2.80. The average molecular weight is 481 g/mol. The fraction of sp³-hybridized carbons (Fsp3) is 0.577. The van der Waals surface area contributed by atoms with Crippen molar-refractivity contribution in [2.75, 3.05) is 0 Å². The number of carbonyl (C=O) groups excluding carboxylic acids is 1. The lowest BCUT2D eigenvalue weighted by atomic mass is 9.81. The third kappa shape index (κ3) is 6.76. The first-order chi connectivity index (χ1) is 16.2. The van der Waals surface area contributed by atoms with Gasteiger partial charge < -0.3 is 4.74 Å². The number of alkyl halides is 2. The van der Waals surface area contributed by atoms with E-state index in [4.69, 9.17) is 4.74 Å². The SMILES string of the molecule is CCCCc1ccc(C(=O)OC2CCC(CCCCc3ncc(C)cn3)CC2(F)F)c(F)c1F. The summed E-state index contributed by atoms with van der Waals surface area (Å²) in [7, 11) is 0. The van der Waals surface area contributed by atoms with Gasteiger partial charge in [-0.3, -0.25) is 0 Å². The summed E-state index contributed by atoms with van der Waals surface area (Å²) in [5.74, 6) is -6.36. The molecular weight excluding hydrogens is 448 g/mol. The van der Waals surface area contributed by atoms with E-state index in [9.17, 15) is 22.4 Å². The minimum atomic E-state index is -3.21. The Kier molecular flexibility index (Phi) is 9.03. The molecule has 34 heavy (non-hydrogen) atoms. The lowest BCUT2D eigenvalue weighted by molar-refractivity contribution is -0.148. The number of nitrogens with zero attached hydrogens (tertiary/aromatic N) is 2. The molecule has 186 valence electrons. The molecule has 3 rings (SSSR count). The van der Waals surface area contributed by atoms with Crippen LogP contribution in [0.2, 0.25) is 0 Å². The standard InChI is InChI=1S/C26H32F4N2O2/c1-3-4-8-19-11-12-20(24(28)23(19)27)25(33)34-21-13-10-18(14-26(21,29)30)7-5-6-9-22-31-15-17(2)16-32-22/h11-12,15-16,18,21H,3-10,13-14H2,1-2H3. The highest BCUT2D eigenvalue weighted by atomic mass is 19.3. The van der Waals surface area contributed by atoms with Gasteiger partial charge in [0.15, 0.2) is 17.7 Å². The van der Waals surface area contributed by atoms with E-state index in [1.54, 1.807) is 12.4 Å². The number of hydrogen-bond donors (Lipinski definition) is 0. The van der Waals surface area contributed by atoms with Crippen LogP contribution < -0.4 is 0 Å². The molecule has 1 heterocycles. The molecule has 0 N–H and O–H groups in total. The van der Waals surface area contributed by atoms with Crippen molar-refractivity contribution in [1.29, 1.82) is 0 Å². The van der Waals surface area contributed by atoms with Crippen LogP contribution >= 0.6 is 0 Å². The zero-order chi connectivity index (χ0) is 24.7. The van der Waals surface area contributed by atoms with Crippen molar-refractivity contribution >= 4 is 5.97 Å². The summed E-state index contributed by atoms with van der Waals surface area (Å²) in [6.07, 6.45) is 6.71. The molecule has 0 bridgehead atoms. The molecule has 0 saturated heterocycles. The first-order valence-corrected chi connectivity index (χ1v) is 12.0. The van der Waals surface area contributed by atoms with Gasteiger partial charge in [0.1, 0.15) is 5.82 Å². The van der Waals surface area contributed by atoms with Gasteiger partial charge in [0.05, 0.1) is 5.56 Å². The van der Waals surface area contributed by atoms with Crippen molar-refractivity contribution in [2.45, 2.75) is 90.1 Å². The van der Waals surface area contributed by atoms with E-state index in [0.29, 0.717) is 32.1 Å². The van der Waals surface area contributed by atoms with Crippen molar-refractivity contribution < 1.29 is 27.1 Å². The Hall–Kier alpha value is -2.51. The third-order valence-corrected chi connectivity index (χ3v) is 6.40. The van der Waals surface area contributed by atoms with Gasteiger partial charge in [-0.05, 0) is 62.1 Å². The zero-order valence-corrected chi connectivity index (χ0v) is 19.8. The second kappa shape index (κ2) is 11.8. The predicted octanol–water partition coefficient (Wildman–Crippen LogP) is 6.78. The summed E-state index contributed by atoms with van der Waals surface area (Å²) in [4.78, 5) is 20.9. The summed E-state index contributed by atoms with van der Waals surface area (Å²) in [5.41, 5.74) is 0.505. The fourth-order valence-corrected chi connectivity index (χ4v) is 4.37. The van der Waals surface area contributed by atoms with Crippen LogP contribution in [0.15, 0.2) is 24.5 Å². The maximum Gasteiger partial charge on any atom is 0.341 e. The Labute approximate surface area is 198 Å². The van der Waals surface area contributed by atoms with Crippen LogP contribution in [0.3, 0.4) is 0 Å². The first-order valence-electron chi connectivity index (χ1n) is 12.0. The second-order valence-electron chi connectivity index (χ2n) is 9.23. The van der Waals surface area contributed by atoms with Crippen LogP contribution in [0.25, 0.3) is 0 Å². The number of ether oxygens (including phenoxy) is 1. The molecule has 1 aliphatic rings. The van der Waals surface area contributed by atoms with E-state index in [1.807, 2.05) is 13.8 Å². The van der Waals surface area contributed by atoms with Gasteiger partial charge in [-0.15, -0.1) is 0 Å². The number of esters is 1. The molecule has 4 nitrogen and oxygen atoms in total. The molecule has 0 spiro atoms. The Morgan fingerprint density at radius 1 is 1.06 bits per heavy atom. The molecular formula is C26H32F4N2O2. The smallest absolute Gasteiger partial charge is 0.341 e. The highest BCUT2D eigenvalue weighted by Gasteiger charge is 2.47. The molecule has 2 unspecified atom stereocenters. The monoisotopic (exact) mass is 480 g/mol. The molecule has 2 atom stereocenters. The zero-order valence-electron chi connectivity index (χ0n) is 19.8. The van der Waals surface area contributed by atoms with Crippen LogP contribution in [-0.4, -0.2) is 28.0 Å². The molecule has 1 fully saturated rings. The van der Waals surface area contributed by atoms with Crippen LogP contribution in [0, 0.1) is 24.5 Å². The van der Waals surface area contributed by atoms with E-state index in [-0.39, 0.29) is 17.9 Å². The molecule has 1 saturated carbocycles. The Morgan fingerprint density at radius 3 is 2.47 bits per heavy atom. The fourth-order valence-electron chi connectivity index (χ4n) is 4.37. The minimum Gasteiger partial charge on any atom is -0.452 e. The van der Waals surface area contributed by atoms with E-state index in [2.05, 4.69) is 9.97 Å². The quantitative estimate of drug-likeness (QED) is 0.214. The number of carbonyl (C=O) groups is 1. The highest BCUT2D eigenvalue weighted by molar-refractivity contribution is 5.90. The van der Waals surface area contributed by atoms with Crippen LogP contribution in [0.1, 0.15) is 85.6 Å². The van der Waals surface area contributed by atoms with Gasteiger partial charge in [0.2, 0.25) is 0 Å². The van der Waals surface area contributed by atoms with Crippen molar-refractivity contribution in [3.63, 3.8) is 0 Å². The van der Waals surface area contributed by atoms with Crippen LogP contribution in [0.4, 0.5) is 17.6 Å². The van der Waals surface area contributed by atoms with Gasteiger partial charge in [-0.1, -0.05) is 32.3 Å². The van der Waals surface area contributed by atoms with Gasteiger partial charge in [-0.2, -0.15) is 0 Å². The van der Waals surface area contributed by atoms with Gasteiger partial charge in [0, 0.05) is 25.2 Å². The minimum absolute atomic E-state index is 0.0107. The number of aryl methyl sites for hydroxylation is 3. The Morgan fingerprint density at radius 2 is 1.79 bits per heavy atom. The molecule has 8 heteroatoms. The van der Waals surface area contributed by atoms with Crippen molar-refractivity contribution in [2.24, 2.45) is 5.92 Å². The van der Waals surface area contributed by atoms with Crippen LogP contribution in [0.5, 0.6) is 0 Å². The maximum absolute atomic E-state index is 14.7. The highest BCUT2D eigenvalue weighted by Crippen LogP contribution is 2.41. The summed E-state index contributed by atoms with van der Waals surface area (Å²) < 4.78 is 63.1. The molecule has 1 aromatic carbocycles. The normalized spacial score (nSPS) is 19.7. The third-order valence-electron chi connectivity index (χ3n) is 6.40. The van der Waals surface area contributed by atoms with E-state index < -0.39 is 41.6 Å². The van der Waals surface area contributed by atoms with Gasteiger partial charge >= 0.3 is 5.97 Å². The summed E-state index contributed by atoms with van der Waals surface area (Å²) in [6, 6.07) is 2.44. The van der Waals surface area contributed by atoms with Crippen LogP contribution in [-0.2, 0) is 17.6 Å². The molecule has 0 aliphatic heterocycles. The number of halogens is 4. The number of benzene rings is 1. The summed E-state index contributed by atoms with van der Waals surface area (Å²) in [5, 5.41) is 0. The maximum atomic E-state index is 14.7. The molecule has 1 aliphatic carbocycles. The first kappa shape index (κ1) is 26.1. The second-order valence-corrected chi connectivity index (χ2v) is 9.23. The largest absolute Gasteiger partial charge is 0.452 e. The summed E-state index contributed by atoms with van der Waals surface area (Å²) >= 11 is 0. The molecule has 2 aromatic rings. The molecule has 1 aromatic heterocycles. The van der Waals surface area contributed by atoms with Crippen molar-refractivity contribution in [1.82, 2.24) is 9.97 Å². The Balaban J connectivity index is 1.50. The molecule has 0 amide bonds. The number of aromatic nitrogens is 2. The lowest BCUT2D eigenvalue weighted by Crippen LogP contribution is -2.43. The Bertz CT molecular complexity index is 966. The van der Waals surface area contributed by atoms with E-state index >= 15 is 0 Å². The van der Waals surface area contributed by atoms with Crippen molar-refractivity contribution in [3.8, 4) is 0 Å². The number of rotatable bonds is 10. The van der Waals surface area contributed by atoms with Gasteiger partial charge in [0.25, 0.3) is 5.92 Å². The van der Waals surface area contributed by atoms with Gasteiger partial charge in [-0.25, -0.2) is 32.3 Å². The lowest BCUT2D eigenvalue weighted by Gasteiger charge is -2.35. The summed E-state index contributed by atoms with van der Waals surface area (Å²) in [6.45, 7) is 3.84. The predicted molar refractivity (Wildman–Crippen MR) is 121 cm³/mol. The number of hydrogen-bond acceptors (Lipinski definition) is 4. The van der Waals surface area contributed by atoms with Crippen molar-refractivity contribution in [3.05, 3.63) is 58.7 Å². The molecule has 0 radical (unpaired) electrons. The van der Waals surface area contributed by atoms with E-state index in [0.717, 1.165) is 36.7 Å². The number of unbranched alkanes of at least 4 members (excludes halogenated alkanes) is 2. The van der Waals surface area contributed by atoms with E-state index in [1.165, 1.54) is 6.07 Å².